The van der Waals surface area contributed by atoms with Gasteiger partial charge in [-0.05, 0) is 108 Å². The normalized spacial score (nSPS) is 23.0. The molecule has 1 amide bonds. The fourth-order valence-corrected chi connectivity index (χ4v) is 7.37. The summed E-state index contributed by atoms with van der Waals surface area (Å²) in [6.07, 6.45) is 7.71. The lowest BCUT2D eigenvalue weighted by Gasteiger charge is -2.53. The van der Waals surface area contributed by atoms with Gasteiger partial charge in [-0.15, -0.1) is 0 Å². The predicted molar refractivity (Wildman–Crippen MR) is 151 cm³/mol. The van der Waals surface area contributed by atoms with Crippen LogP contribution in [0.2, 0.25) is 0 Å². The van der Waals surface area contributed by atoms with Crippen LogP contribution in [0.15, 0.2) is 36.4 Å². The number of carbonyl (C=O) groups excluding carboxylic acids is 1. The van der Waals surface area contributed by atoms with Crippen molar-refractivity contribution >= 4 is 45.6 Å². The molecule has 37 heavy (non-hydrogen) atoms. The average molecular weight is 622 g/mol. The molecule has 0 aromatic heterocycles. The highest BCUT2D eigenvalue weighted by Gasteiger charge is 2.60. The molecule has 198 valence electrons. The Hall–Kier alpha value is -2.10. The lowest BCUT2D eigenvalue weighted by molar-refractivity contribution is -0.0221. The van der Waals surface area contributed by atoms with Crippen molar-refractivity contribution in [2.45, 2.75) is 57.3 Å². The largest absolute Gasteiger partial charge is 0.495 e. The van der Waals surface area contributed by atoms with E-state index in [1.807, 2.05) is 23.1 Å². The van der Waals surface area contributed by atoms with Crippen molar-refractivity contribution in [1.82, 2.24) is 0 Å². The first-order valence-corrected chi connectivity index (χ1v) is 14.4. The summed E-state index contributed by atoms with van der Waals surface area (Å²) in [7, 11) is 1.57. The van der Waals surface area contributed by atoms with E-state index in [4.69, 9.17) is 4.74 Å². The van der Waals surface area contributed by atoms with Crippen LogP contribution in [-0.4, -0.2) is 45.1 Å². The van der Waals surface area contributed by atoms with Gasteiger partial charge in [-0.25, -0.2) is 8.78 Å². The Bertz CT molecular complexity index is 1190. The molecule has 0 unspecified atom stereocenters. The maximum atomic E-state index is 13.7. The van der Waals surface area contributed by atoms with E-state index in [1.54, 1.807) is 19.2 Å². The van der Waals surface area contributed by atoms with Crippen LogP contribution < -0.4 is 19.9 Å². The van der Waals surface area contributed by atoms with Gasteiger partial charge in [-0.1, -0.05) is 0 Å². The Morgan fingerprint density at radius 2 is 1.49 bits per heavy atom. The monoisotopic (exact) mass is 621 g/mol. The van der Waals surface area contributed by atoms with Gasteiger partial charge in [-0.2, -0.15) is 0 Å². The minimum Gasteiger partial charge on any atom is -0.495 e. The summed E-state index contributed by atoms with van der Waals surface area (Å²) in [5.41, 5.74) is 4.26. The van der Waals surface area contributed by atoms with Gasteiger partial charge in [0.05, 0.1) is 24.0 Å². The zero-order valence-electron chi connectivity index (χ0n) is 21.3. The van der Waals surface area contributed by atoms with Crippen molar-refractivity contribution in [3.8, 4) is 5.75 Å². The van der Waals surface area contributed by atoms with Crippen molar-refractivity contribution in [3.05, 3.63) is 45.5 Å². The zero-order chi connectivity index (χ0) is 25.8. The molecule has 8 heteroatoms. The van der Waals surface area contributed by atoms with Crippen LogP contribution in [0.1, 0.15) is 61.7 Å². The molecule has 0 atom stereocenters. The molecule has 4 aliphatic rings. The number of ether oxygens (including phenoxy) is 1. The topological polar surface area (TPSA) is 44.8 Å². The maximum absolute atomic E-state index is 13.7. The number of rotatable bonds is 5. The van der Waals surface area contributed by atoms with Gasteiger partial charge in [0.25, 0.3) is 11.8 Å². The molecule has 5 nitrogen and oxygen atoms in total. The molecule has 2 saturated carbocycles. The van der Waals surface area contributed by atoms with Crippen LogP contribution in [-0.2, 0) is 0 Å². The summed E-state index contributed by atoms with van der Waals surface area (Å²) in [5, 5.41) is 3.06. The first kappa shape index (κ1) is 25.2. The van der Waals surface area contributed by atoms with Gasteiger partial charge in [0, 0.05) is 48.3 Å². The molecule has 2 saturated heterocycles. The molecular weight excluding hydrogens is 587 g/mol. The van der Waals surface area contributed by atoms with E-state index >= 15 is 0 Å². The molecule has 0 bridgehead atoms. The number of hydrogen-bond acceptors (Lipinski definition) is 4. The third-order valence-corrected chi connectivity index (χ3v) is 9.77. The number of hydrogen-bond donors (Lipinski definition) is 1. The smallest absolute Gasteiger partial charge is 0.257 e. The number of alkyl halides is 2. The standard InChI is InChI=1S/C29H34F2IN3O2/c1-37-25-5-3-21(17-24(25)35-14-10-29(30,31)11-15-35)33-26(36)22-4-2-20(32)16-23(22)34-12-8-28(9-13-34)18-27(19-28)6-7-27/h2-5,16-17H,6-15,18-19H2,1H3,(H,33,36). The Morgan fingerprint density at radius 1 is 0.865 bits per heavy atom. The molecular formula is C29H34F2IN3O2. The summed E-state index contributed by atoms with van der Waals surface area (Å²) in [6.45, 7) is 2.48. The van der Waals surface area contributed by atoms with E-state index in [0.29, 0.717) is 27.8 Å². The molecule has 2 aromatic carbocycles. The van der Waals surface area contributed by atoms with Crippen LogP contribution in [0.3, 0.4) is 0 Å². The van der Waals surface area contributed by atoms with Gasteiger partial charge in [0.2, 0.25) is 0 Å². The number of piperidine rings is 2. The summed E-state index contributed by atoms with van der Waals surface area (Å²) >= 11 is 2.31. The minimum atomic E-state index is -2.62. The highest BCUT2D eigenvalue weighted by atomic mass is 127. The fourth-order valence-electron chi connectivity index (χ4n) is 6.89. The number of anilines is 3. The second-order valence-electron chi connectivity index (χ2n) is 11.7. The van der Waals surface area contributed by atoms with Crippen molar-refractivity contribution in [2.24, 2.45) is 10.8 Å². The number of benzene rings is 2. The van der Waals surface area contributed by atoms with Gasteiger partial charge >= 0.3 is 0 Å². The fraction of sp³-hybridized carbons (Fsp3) is 0.552. The van der Waals surface area contributed by atoms with E-state index in [2.05, 4.69) is 38.9 Å². The first-order chi connectivity index (χ1) is 17.7. The highest BCUT2D eigenvalue weighted by Crippen LogP contribution is 2.71. The number of amides is 1. The van der Waals surface area contributed by atoms with Gasteiger partial charge in [-0.3, -0.25) is 4.79 Å². The minimum absolute atomic E-state index is 0.159. The van der Waals surface area contributed by atoms with E-state index in [0.717, 1.165) is 28.0 Å². The number of methoxy groups -OCH3 is 1. The summed E-state index contributed by atoms with van der Waals surface area (Å²) in [4.78, 5) is 17.8. The van der Waals surface area contributed by atoms with Gasteiger partial charge in [0.15, 0.2) is 0 Å². The second kappa shape index (κ2) is 9.27. The van der Waals surface area contributed by atoms with Gasteiger partial charge < -0.3 is 19.9 Å². The van der Waals surface area contributed by atoms with E-state index < -0.39 is 5.92 Å². The Morgan fingerprint density at radius 3 is 2.14 bits per heavy atom. The predicted octanol–water partition coefficient (Wildman–Crippen LogP) is 6.95. The molecule has 6 rings (SSSR count). The van der Waals surface area contributed by atoms with Crippen LogP contribution in [0.5, 0.6) is 5.75 Å². The molecule has 2 aliphatic carbocycles. The molecule has 4 fully saturated rings. The SMILES string of the molecule is COc1ccc(NC(=O)c2ccc(I)cc2N2CCC3(CC2)CC2(CC2)C3)cc1N1CCC(F)(F)CC1. The second-order valence-corrected chi connectivity index (χ2v) is 12.9. The van der Waals surface area contributed by atoms with E-state index in [1.165, 1.54) is 38.5 Å². The van der Waals surface area contributed by atoms with Crippen molar-refractivity contribution < 1.29 is 18.3 Å². The summed E-state index contributed by atoms with van der Waals surface area (Å²) in [6, 6.07) is 11.4. The Balaban J connectivity index is 1.18. The van der Waals surface area contributed by atoms with Crippen LogP contribution in [0.25, 0.3) is 0 Å². The number of carbonyl (C=O) groups is 1. The number of nitrogens with one attached hydrogen (secondary N) is 1. The van der Waals surface area contributed by atoms with Crippen molar-refractivity contribution in [2.75, 3.05) is 48.4 Å². The molecule has 0 radical (unpaired) electrons. The third-order valence-electron chi connectivity index (χ3n) is 9.10. The lowest BCUT2D eigenvalue weighted by Crippen LogP contribution is -2.48. The van der Waals surface area contributed by atoms with E-state index in [-0.39, 0.29) is 31.8 Å². The Labute approximate surface area is 231 Å². The van der Waals surface area contributed by atoms with Crippen LogP contribution >= 0.6 is 22.6 Å². The van der Waals surface area contributed by atoms with Crippen molar-refractivity contribution in [1.29, 1.82) is 0 Å². The first-order valence-electron chi connectivity index (χ1n) is 13.4. The van der Waals surface area contributed by atoms with Crippen LogP contribution in [0, 0.1) is 14.4 Å². The summed E-state index contributed by atoms with van der Waals surface area (Å²) < 4.78 is 34.1. The van der Waals surface area contributed by atoms with Crippen LogP contribution in [0.4, 0.5) is 25.8 Å². The number of halogens is 3. The summed E-state index contributed by atoms with van der Waals surface area (Å²) in [5.74, 6) is -2.17. The molecule has 2 aromatic rings. The average Bonchev–Trinajstić information content (AvgIpc) is 3.64. The molecule has 2 heterocycles. The molecule has 1 N–H and O–H groups in total. The van der Waals surface area contributed by atoms with Gasteiger partial charge in [0.1, 0.15) is 5.75 Å². The highest BCUT2D eigenvalue weighted by molar-refractivity contribution is 14.1. The van der Waals surface area contributed by atoms with E-state index in [9.17, 15) is 13.6 Å². The maximum Gasteiger partial charge on any atom is 0.257 e. The Kier molecular flexibility index (Phi) is 6.31. The molecule has 2 spiro atoms. The number of nitrogens with zero attached hydrogens (tertiary/aromatic N) is 2. The van der Waals surface area contributed by atoms with Crippen molar-refractivity contribution in [3.63, 3.8) is 0 Å². The third kappa shape index (κ3) is 5.02. The zero-order valence-corrected chi connectivity index (χ0v) is 23.5. The quantitative estimate of drug-likeness (QED) is 0.368. The lowest BCUT2D eigenvalue weighted by atomic mass is 9.55. The molecule has 2 aliphatic heterocycles.